The number of aliphatic hydroxyl groups is 2. The maximum atomic E-state index is 13.4. The number of alkyl halides is 3. The molecule has 0 spiro atoms. The van der Waals surface area contributed by atoms with Crippen LogP contribution < -0.4 is 19.9 Å². The highest BCUT2D eigenvalue weighted by atomic mass is 19.4. The van der Waals surface area contributed by atoms with Crippen LogP contribution in [-0.4, -0.2) is 76.6 Å². The van der Waals surface area contributed by atoms with Crippen LogP contribution in [0.5, 0.6) is 5.75 Å². The molecule has 1 fully saturated rings. The van der Waals surface area contributed by atoms with Crippen molar-refractivity contribution >= 4 is 29.1 Å². The molecule has 13 heteroatoms. The van der Waals surface area contributed by atoms with Crippen molar-refractivity contribution in [1.29, 1.82) is 0 Å². The van der Waals surface area contributed by atoms with Crippen LogP contribution >= 0.6 is 0 Å². The van der Waals surface area contributed by atoms with Crippen LogP contribution in [-0.2, 0) is 0 Å². The van der Waals surface area contributed by atoms with Gasteiger partial charge in [0.1, 0.15) is 30.0 Å². The van der Waals surface area contributed by atoms with Gasteiger partial charge < -0.3 is 19.8 Å². The van der Waals surface area contributed by atoms with Gasteiger partial charge in [-0.1, -0.05) is 6.92 Å². The molecule has 0 aromatic carbocycles. The van der Waals surface area contributed by atoms with E-state index < -0.39 is 43.0 Å². The number of carbonyl (C=O) groups is 2. The van der Waals surface area contributed by atoms with E-state index in [1.807, 2.05) is 0 Å². The van der Waals surface area contributed by atoms with Crippen molar-refractivity contribution in [1.82, 2.24) is 9.97 Å². The molecular weight excluding hydrogens is 495 g/mol. The lowest BCUT2D eigenvalue weighted by atomic mass is 9.98. The number of piperidine rings is 1. The van der Waals surface area contributed by atoms with Crippen LogP contribution in [0.1, 0.15) is 36.7 Å². The number of halogens is 3. The molecule has 0 aliphatic carbocycles. The standard InChI is InChI=1S/C24H28F3N5O5/c1-14(24(25,26)27)9-20(35)18-5-6-19-22(29-18)32(15-3-2-8-31(19)11-15)23(36)30-21-7-4-17(10-28-21)37-13-16(34)12-33/h4-7,10,14-16,33-34H,2-3,8-9,11-13H2,1H3,(H,28,30,36)/t14-,15-,16-/m0/s1. The number of amides is 2. The number of ketones is 1. The van der Waals surface area contributed by atoms with Crippen LogP contribution in [0.3, 0.4) is 0 Å². The molecule has 2 bridgehead atoms. The Kier molecular flexibility index (Phi) is 7.83. The molecule has 2 aliphatic heterocycles. The normalized spacial score (nSPS) is 18.6. The highest BCUT2D eigenvalue weighted by molar-refractivity contribution is 6.05. The van der Waals surface area contributed by atoms with Crippen molar-refractivity contribution < 1.29 is 37.7 Å². The minimum absolute atomic E-state index is 0.124. The van der Waals surface area contributed by atoms with Gasteiger partial charge in [-0.15, -0.1) is 0 Å². The van der Waals surface area contributed by atoms with E-state index in [0.717, 1.165) is 19.9 Å². The van der Waals surface area contributed by atoms with Crippen molar-refractivity contribution in [2.75, 3.05) is 41.4 Å². The first kappa shape index (κ1) is 26.6. The van der Waals surface area contributed by atoms with Gasteiger partial charge in [-0.25, -0.2) is 14.8 Å². The zero-order valence-electron chi connectivity index (χ0n) is 20.1. The molecule has 3 N–H and O–H groups in total. The van der Waals surface area contributed by atoms with E-state index in [9.17, 15) is 27.9 Å². The number of aliphatic hydroxyl groups excluding tert-OH is 2. The lowest BCUT2D eigenvalue weighted by Crippen LogP contribution is -2.56. The van der Waals surface area contributed by atoms with Gasteiger partial charge >= 0.3 is 12.2 Å². The van der Waals surface area contributed by atoms with E-state index in [2.05, 4.69) is 20.2 Å². The smallest absolute Gasteiger partial charge is 0.391 e. The number of pyridine rings is 2. The quantitative estimate of drug-likeness (QED) is 0.451. The molecule has 10 nitrogen and oxygen atoms in total. The summed E-state index contributed by atoms with van der Waals surface area (Å²) >= 11 is 0. The van der Waals surface area contributed by atoms with Crippen molar-refractivity contribution in [3.05, 3.63) is 36.2 Å². The van der Waals surface area contributed by atoms with E-state index in [-0.39, 0.29) is 30.0 Å². The molecule has 0 saturated carbocycles. The van der Waals surface area contributed by atoms with E-state index in [1.54, 1.807) is 6.07 Å². The second kappa shape index (κ2) is 10.9. The van der Waals surface area contributed by atoms with Gasteiger partial charge in [0.15, 0.2) is 11.6 Å². The molecule has 4 rings (SSSR count). The largest absolute Gasteiger partial charge is 0.489 e. The van der Waals surface area contributed by atoms with Gasteiger partial charge in [0.25, 0.3) is 0 Å². The number of ether oxygens (including phenoxy) is 1. The first-order chi connectivity index (χ1) is 17.6. The van der Waals surface area contributed by atoms with E-state index in [4.69, 9.17) is 9.84 Å². The Bertz CT molecular complexity index is 1130. The number of nitrogens with zero attached hydrogens (tertiary/aromatic N) is 4. The highest BCUT2D eigenvalue weighted by Gasteiger charge is 2.40. The summed E-state index contributed by atoms with van der Waals surface area (Å²) in [6, 6.07) is 5.30. The van der Waals surface area contributed by atoms with Crippen LogP contribution in [0.4, 0.5) is 35.3 Å². The molecule has 37 heavy (non-hydrogen) atoms. The fourth-order valence-corrected chi connectivity index (χ4v) is 4.29. The first-order valence-corrected chi connectivity index (χ1v) is 11.9. The van der Waals surface area contributed by atoms with Crippen LogP contribution in [0.2, 0.25) is 0 Å². The summed E-state index contributed by atoms with van der Waals surface area (Å²) in [4.78, 5) is 37.9. The monoisotopic (exact) mass is 523 g/mol. The third-order valence-electron chi connectivity index (χ3n) is 6.36. The molecular formula is C24H28F3N5O5. The second-order valence-electron chi connectivity index (χ2n) is 9.18. The summed E-state index contributed by atoms with van der Waals surface area (Å²) in [5.74, 6) is -1.80. The van der Waals surface area contributed by atoms with Gasteiger partial charge in [0, 0.05) is 19.5 Å². The zero-order chi connectivity index (χ0) is 26.7. The fourth-order valence-electron chi connectivity index (χ4n) is 4.29. The Hall–Kier alpha value is -3.45. The lowest BCUT2D eigenvalue weighted by Gasteiger charge is -2.45. The zero-order valence-corrected chi connectivity index (χ0v) is 20.1. The molecule has 2 aromatic rings. The topological polar surface area (TPSA) is 128 Å². The predicted molar refractivity (Wildman–Crippen MR) is 128 cm³/mol. The van der Waals surface area contributed by atoms with E-state index in [0.29, 0.717) is 24.4 Å². The van der Waals surface area contributed by atoms with Crippen molar-refractivity contribution in [2.24, 2.45) is 5.92 Å². The van der Waals surface area contributed by atoms with Crippen molar-refractivity contribution in [2.45, 2.75) is 44.5 Å². The Morgan fingerprint density at radius 3 is 2.73 bits per heavy atom. The Balaban J connectivity index is 1.54. The molecule has 0 unspecified atom stereocenters. The Morgan fingerprint density at radius 2 is 2.05 bits per heavy atom. The Labute approximate surface area is 211 Å². The number of hydrogen-bond donors (Lipinski definition) is 3. The summed E-state index contributed by atoms with van der Waals surface area (Å²) in [6.45, 7) is 1.69. The van der Waals surface area contributed by atoms with Gasteiger partial charge in [-0.2, -0.15) is 13.2 Å². The number of rotatable bonds is 8. The average Bonchev–Trinajstić information content (AvgIpc) is 2.87. The fraction of sp³-hybridized carbons (Fsp3) is 0.500. The highest BCUT2D eigenvalue weighted by Crippen LogP contribution is 2.39. The summed E-state index contributed by atoms with van der Waals surface area (Å²) < 4.78 is 44.2. The summed E-state index contributed by atoms with van der Waals surface area (Å²) in [5, 5.41) is 20.9. The van der Waals surface area contributed by atoms with E-state index >= 15 is 0 Å². The summed E-state index contributed by atoms with van der Waals surface area (Å²) in [7, 11) is 0. The number of urea groups is 1. The minimum Gasteiger partial charge on any atom is -0.489 e. The minimum atomic E-state index is -4.50. The van der Waals surface area contributed by atoms with Crippen LogP contribution in [0.15, 0.2) is 30.5 Å². The average molecular weight is 524 g/mol. The third kappa shape index (κ3) is 6.10. The van der Waals surface area contributed by atoms with Gasteiger partial charge in [-0.05, 0) is 37.1 Å². The number of fused-ring (bicyclic) bond motifs is 4. The maximum Gasteiger partial charge on any atom is 0.391 e. The summed E-state index contributed by atoms with van der Waals surface area (Å²) in [6.07, 6.45) is -3.38. The number of Topliss-reactive ketones (excluding diaryl/α,β-unsaturated/α-hetero) is 1. The molecule has 1 saturated heterocycles. The molecule has 0 radical (unpaired) electrons. The summed E-state index contributed by atoms with van der Waals surface area (Å²) in [5.41, 5.74) is 0.504. The van der Waals surface area contributed by atoms with Crippen molar-refractivity contribution in [3.63, 3.8) is 0 Å². The lowest BCUT2D eigenvalue weighted by molar-refractivity contribution is -0.168. The van der Waals surface area contributed by atoms with Crippen LogP contribution in [0, 0.1) is 5.92 Å². The number of nitrogens with one attached hydrogen (secondary N) is 1. The molecule has 2 aliphatic rings. The van der Waals surface area contributed by atoms with E-state index in [1.165, 1.54) is 29.3 Å². The molecule has 2 amide bonds. The van der Waals surface area contributed by atoms with Crippen molar-refractivity contribution in [3.8, 4) is 5.75 Å². The predicted octanol–water partition coefficient (Wildman–Crippen LogP) is 3.00. The molecule has 200 valence electrons. The number of carbonyl (C=O) groups excluding carboxylic acids is 2. The van der Waals surface area contributed by atoms with Gasteiger partial charge in [0.2, 0.25) is 0 Å². The van der Waals surface area contributed by atoms with Gasteiger partial charge in [0.05, 0.1) is 30.5 Å². The SMILES string of the molecule is C[C@@H](CC(=O)c1ccc2c(n1)N(C(=O)Nc1ccc(OC[C@@H](O)CO)cn1)[C@H]1CCCN2C1)C(F)(F)F. The first-order valence-electron chi connectivity index (χ1n) is 11.9. The Morgan fingerprint density at radius 1 is 1.27 bits per heavy atom. The van der Waals surface area contributed by atoms with Crippen LogP contribution in [0.25, 0.3) is 0 Å². The molecule has 3 atom stereocenters. The second-order valence-corrected chi connectivity index (χ2v) is 9.18. The molecule has 4 heterocycles. The number of anilines is 3. The third-order valence-corrected chi connectivity index (χ3v) is 6.36. The number of hydrogen-bond acceptors (Lipinski definition) is 8. The number of aromatic nitrogens is 2. The van der Waals surface area contributed by atoms with Gasteiger partial charge in [-0.3, -0.25) is 15.0 Å². The maximum absolute atomic E-state index is 13.4. The molecule has 2 aromatic heterocycles.